The second-order valence-corrected chi connectivity index (χ2v) is 6.40. The highest BCUT2D eigenvalue weighted by molar-refractivity contribution is 7.13. The Bertz CT molecular complexity index is 860. The zero-order valence-corrected chi connectivity index (χ0v) is 13.7. The van der Waals surface area contributed by atoms with Crippen LogP contribution in [0.2, 0.25) is 0 Å². The van der Waals surface area contributed by atoms with E-state index in [0.717, 1.165) is 33.4 Å². The number of hydrogen-bond donors (Lipinski definition) is 1. The highest BCUT2D eigenvalue weighted by atomic mass is 32.1. The highest BCUT2D eigenvalue weighted by Gasteiger charge is 2.23. The Kier molecular flexibility index (Phi) is 3.42. The van der Waals surface area contributed by atoms with Crippen molar-refractivity contribution < 1.29 is 9.47 Å². The zero-order valence-electron chi connectivity index (χ0n) is 12.9. The molecule has 1 N–H and O–H groups in total. The first-order chi connectivity index (χ1) is 11.2. The van der Waals surface area contributed by atoms with Gasteiger partial charge in [0.05, 0.1) is 11.3 Å². The molecule has 2 aromatic carbocycles. The van der Waals surface area contributed by atoms with E-state index >= 15 is 0 Å². The molecule has 5 heteroatoms. The van der Waals surface area contributed by atoms with Crippen LogP contribution in [0.25, 0.3) is 11.1 Å². The average Bonchev–Trinajstić information content (AvgIpc) is 3.21. The molecule has 0 atom stereocenters. The standard InChI is InChI=1S/C18H16N2O2S/c1-11-3-4-12(2)13(9-11)16-14(20-18-19-7-8-23-18)5-6-15-17(16)22-10-21-15/h3-9H,10H2,1-2H3,(H,19,20). The van der Waals surface area contributed by atoms with Crippen molar-refractivity contribution in [1.82, 2.24) is 4.98 Å². The Labute approximate surface area is 138 Å². The number of rotatable bonds is 3. The van der Waals surface area contributed by atoms with E-state index in [1.54, 1.807) is 17.5 Å². The van der Waals surface area contributed by atoms with Gasteiger partial charge in [-0.05, 0) is 37.1 Å². The Morgan fingerprint density at radius 3 is 2.87 bits per heavy atom. The molecule has 4 rings (SSSR count). The fourth-order valence-electron chi connectivity index (χ4n) is 2.75. The summed E-state index contributed by atoms with van der Waals surface area (Å²) in [7, 11) is 0. The molecular formula is C18H16N2O2S. The minimum Gasteiger partial charge on any atom is -0.454 e. The summed E-state index contributed by atoms with van der Waals surface area (Å²) in [6, 6.07) is 10.4. The van der Waals surface area contributed by atoms with Crippen molar-refractivity contribution in [2.24, 2.45) is 0 Å². The van der Waals surface area contributed by atoms with Gasteiger partial charge in [0.15, 0.2) is 16.6 Å². The van der Waals surface area contributed by atoms with Crippen molar-refractivity contribution in [2.45, 2.75) is 13.8 Å². The SMILES string of the molecule is Cc1ccc(C)c(-c2c(Nc3nccs3)ccc3c2OCO3)c1. The van der Waals surface area contributed by atoms with Crippen LogP contribution in [0, 0.1) is 13.8 Å². The largest absolute Gasteiger partial charge is 0.454 e. The number of anilines is 2. The quantitative estimate of drug-likeness (QED) is 0.744. The van der Waals surface area contributed by atoms with E-state index < -0.39 is 0 Å². The molecule has 1 aromatic heterocycles. The molecule has 3 aromatic rings. The van der Waals surface area contributed by atoms with Crippen molar-refractivity contribution in [1.29, 1.82) is 0 Å². The number of benzene rings is 2. The van der Waals surface area contributed by atoms with Crippen LogP contribution in [-0.2, 0) is 0 Å². The Hall–Kier alpha value is -2.53. The second kappa shape index (κ2) is 5.59. The van der Waals surface area contributed by atoms with Gasteiger partial charge in [0.1, 0.15) is 0 Å². The summed E-state index contributed by atoms with van der Waals surface area (Å²) in [5, 5.41) is 6.21. The zero-order chi connectivity index (χ0) is 15.8. The molecule has 2 heterocycles. The summed E-state index contributed by atoms with van der Waals surface area (Å²) < 4.78 is 11.3. The smallest absolute Gasteiger partial charge is 0.231 e. The van der Waals surface area contributed by atoms with Crippen LogP contribution in [0.3, 0.4) is 0 Å². The Balaban J connectivity index is 1.92. The third kappa shape index (κ3) is 2.53. The van der Waals surface area contributed by atoms with Gasteiger partial charge in [-0.3, -0.25) is 0 Å². The Morgan fingerprint density at radius 1 is 1.13 bits per heavy atom. The van der Waals surface area contributed by atoms with Gasteiger partial charge in [-0.1, -0.05) is 23.8 Å². The maximum Gasteiger partial charge on any atom is 0.231 e. The van der Waals surface area contributed by atoms with E-state index in [9.17, 15) is 0 Å². The van der Waals surface area contributed by atoms with Crippen molar-refractivity contribution in [3.05, 3.63) is 53.0 Å². The lowest BCUT2D eigenvalue weighted by molar-refractivity contribution is 0.174. The third-order valence-corrected chi connectivity index (χ3v) is 4.56. The molecule has 4 nitrogen and oxygen atoms in total. The molecule has 0 saturated carbocycles. The first kappa shape index (κ1) is 14.1. The van der Waals surface area contributed by atoms with Gasteiger partial charge in [-0.15, -0.1) is 11.3 Å². The summed E-state index contributed by atoms with van der Waals surface area (Å²) in [6.07, 6.45) is 1.79. The number of nitrogens with zero attached hydrogens (tertiary/aromatic N) is 1. The molecular weight excluding hydrogens is 308 g/mol. The monoisotopic (exact) mass is 324 g/mol. The summed E-state index contributed by atoms with van der Waals surface area (Å²) in [5.41, 5.74) is 5.55. The molecule has 0 fully saturated rings. The summed E-state index contributed by atoms with van der Waals surface area (Å²) >= 11 is 1.57. The highest BCUT2D eigenvalue weighted by Crippen LogP contribution is 2.47. The van der Waals surface area contributed by atoms with Crippen molar-refractivity contribution in [3.8, 4) is 22.6 Å². The van der Waals surface area contributed by atoms with Crippen molar-refractivity contribution in [2.75, 3.05) is 12.1 Å². The van der Waals surface area contributed by atoms with Crippen LogP contribution < -0.4 is 14.8 Å². The number of nitrogens with one attached hydrogen (secondary N) is 1. The minimum atomic E-state index is 0.258. The van der Waals surface area contributed by atoms with Crippen molar-refractivity contribution >= 4 is 22.2 Å². The van der Waals surface area contributed by atoms with Crippen LogP contribution in [0.4, 0.5) is 10.8 Å². The molecule has 1 aliphatic rings. The van der Waals surface area contributed by atoms with Gasteiger partial charge < -0.3 is 14.8 Å². The van der Waals surface area contributed by atoms with Gasteiger partial charge in [0.25, 0.3) is 0 Å². The van der Waals surface area contributed by atoms with E-state index in [1.807, 2.05) is 17.5 Å². The van der Waals surface area contributed by atoms with E-state index in [1.165, 1.54) is 11.1 Å². The Morgan fingerprint density at radius 2 is 2.04 bits per heavy atom. The maximum atomic E-state index is 5.76. The predicted octanol–water partition coefficient (Wildman–Crippen LogP) is 4.90. The lowest BCUT2D eigenvalue weighted by Gasteiger charge is -2.15. The number of fused-ring (bicyclic) bond motifs is 1. The van der Waals surface area contributed by atoms with Crippen LogP contribution in [-0.4, -0.2) is 11.8 Å². The summed E-state index contributed by atoms with van der Waals surface area (Å²) in [6.45, 7) is 4.46. The maximum absolute atomic E-state index is 5.76. The lowest BCUT2D eigenvalue weighted by atomic mass is 9.96. The molecule has 0 aliphatic carbocycles. The summed E-state index contributed by atoms with van der Waals surface area (Å²) in [4.78, 5) is 4.32. The molecule has 0 unspecified atom stereocenters. The molecule has 0 radical (unpaired) electrons. The van der Waals surface area contributed by atoms with Gasteiger partial charge in [0.2, 0.25) is 6.79 Å². The van der Waals surface area contributed by atoms with Crippen LogP contribution in [0.1, 0.15) is 11.1 Å². The predicted molar refractivity (Wildman–Crippen MR) is 92.9 cm³/mol. The number of ether oxygens (including phenoxy) is 2. The van der Waals surface area contributed by atoms with Gasteiger partial charge in [0, 0.05) is 11.6 Å². The van der Waals surface area contributed by atoms with E-state index in [0.29, 0.717) is 0 Å². The fraction of sp³-hybridized carbons (Fsp3) is 0.167. The molecule has 116 valence electrons. The molecule has 23 heavy (non-hydrogen) atoms. The normalized spacial score (nSPS) is 12.4. The van der Waals surface area contributed by atoms with Gasteiger partial charge >= 0.3 is 0 Å². The molecule has 1 aliphatic heterocycles. The first-order valence-electron chi connectivity index (χ1n) is 7.39. The molecule has 0 amide bonds. The van der Waals surface area contributed by atoms with E-state index in [-0.39, 0.29) is 6.79 Å². The minimum absolute atomic E-state index is 0.258. The third-order valence-electron chi connectivity index (χ3n) is 3.88. The fourth-order valence-corrected chi connectivity index (χ4v) is 3.29. The number of aromatic nitrogens is 1. The number of thiazole rings is 1. The van der Waals surface area contributed by atoms with Crippen LogP contribution in [0.5, 0.6) is 11.5 Å². The number of aryl methyl sites for hydroxylation is 2. The second-order valence-electron chi connectivity index (χ2n) is 5.50. The number of hydrogen-bond acceptors (Lipinski definition) is 5. The first-order valence-corrected chi connectivity index (χ1v) is 8.27. The lowest BCUT2D eigenvalue weighted by Crippen LogP contribution is -1.97. The van der Waals surface area contributed by atoms with Gasteiger partial charge in [-0.2, -0.15) is 0 Å². The molecule has 0 spiro atoms. The topological polar surface area (TPSA) is 43.4 Å². The van der Waals surface area contributed by atoms with E-state index in [4.69, 9.17) is 9.47 Å². The van der Waals surface area contributed by atoms with Crippen molar-refractivity contribution in [3.63, 3.8) is 0 Å². The molecule has 0 saturated heterocycles. The average molecular weight is 324 g/mol. The summed E-state index contributed by atoms with van der Waals surface area (Å²) in [5.74, 6) is 1.57. The van der Waals surface area contributed by atoms with Gasteiger partial charge in [-0.25, -0.2) is 4.98 Å². The molecule has 0 bridgehead atoms. The van der Waals surface area contributed by atoms with E-state index in [2.05, 4.69) is 42.3 Å². The van der Waals surface area contributed by atoms with Crippen LogP contribution in [0.15, 0.2) is 41.9 Å². The van der Waals surface area contributed by atoms with Crippen LogP contribution >= 0.6 is 11.3 Å².